The van der Waals surface area contributed by atoms with E-state index in [9.17, 15) is 19.1 Å². The van der Waals surface area contributed by atoms with Crippen LogP contribution in [-0.4, -0.2) is 42.0 Å². The van der Waals surface area contributed by atoms with Crippen molar-refractivity contribution in [1.29, 1.82) is 0 Å². The van der Waals surface area contributed by atoms with E-state index >= 15 is 0 Å². The number of carbonyl (C=O) groups is 2. The van der Waals surface area contributed by atoms with E-state index in [0.29, 0.717) is 0 Å². The number of carbonyl (C=O) groups excluding carboxylic acids is 2. The molecule has 0 fully saturated rings. The first-order valence-electron chi connectivity index (χ1n) is 6.11. The summed E-state index contributed by atoms with van der Waals surface area (Å²) in [4.78, 5) is 24.0. The lowest BCUT2D eigenvalue weighted by molar-refractivity contribution is -0.131. The molecule has 5 nitrogen and oxygen atoms in total. The van der Waals surface area contributed by atoms with Crippen LogP contribution in [0.4, 0.5) is 4.39 Å². The summed E-state index contributed by atoms with van der Waals surface area (Å²) < 4.78 is 13.2. The lowest BCUT2D eigenvalue weighted by Crippen LogP contribution is -2.39. The summed E-state index contributed by atoms with van der Waals surface area (Å²) in [5.41, 5.74) is 0.260. The number of rotatable bonds is 6. The third-order valence-electron chi connectivity index (χ3n) is 2.69. The predicted molar refractivity (Wildman–Crippen MR) is 77.2 cm³/mol. The number of likely N-dealkylation sites (N-methyl/N-ethyl adjacent to an activating group) is 1. The standard InChI is InChI=1S/C14H16ClFN2O3/c1-3-14(21)18(2)8-13(20)17-7-12(19)9-4-10(15)6-11(16)5-9/h3-6,12,19H,1,7-8H2,2H3,(H,17,20). The van der Waals surface area contributed by atoms with Crippen LogP contribution < -0.4 is 5.32 Å². The molecule has 0 bridgehead atoms. The molecule has 1 rings (SSSR count). The van der Waals surface area contributed by atoms with E-state index < -0.39 is 17.8 Å². The highest BCUT2D eigenvalue weighted by atomic mass is 35.5. The number of hydrogen-bond acceptors (Lipinski definition) is 3. The van der Waals surface area contributed by atoms with Crippen LogP contribution in [0.2, 0.25) is 5.02 Å². The molecule has 1 aromatic carbocycles. The second-order valence-corrected chi connectivity index (χ2v) is 4.86. The molecule has 0 radical (unpaired) electrons. The number of halogens is 2. The SMILES string of the molecule is C=CC(=O)N(C)CC(=O)NCC(O)c1cc(F)cc(Cl)c1. The quantitative estimate of drug-likeness (QED) is 0.777. The number of benzene rings is 1. The molecule has 1 aromatic rings. The number of hydrogen-bond donors (Lipinski definition) is 2. The van der Waals surface area contributed by atoms with E-state index in [4.69, 9.17) is 11.6 Å². The fourth-order valence-corrected chi connectivity index (χ4v) is 1.83. The Morgan fingerprint density at radius 1 is 1.52 bits per heavy atom. The Morgan fingerprint density at radius 2 is 2.19 bits per heavy atom. The van der Waals surface area contributed by atoms with Gasteiger partial charge in [0.05, 0.1) is 12.6 Å². The van der Waals surface area contributed by atoms with E-state index in [1.807, 2.05) is 0 Å². The molecule has 0 saturated carbocycles. The van der Waals surface area contributed by atoms with Gasteiger partial charge in [0.15, 0.2) is 0 Å². The molecular formula is C14H16ClFN2O3. The van der Waals surface area contributed by atoms with Crippen LogP contribution in [0, 0.1) is 5.82 Å². The minimum atomic E-state index is -1.09. The Kier molecular flexibility index (Phi) is 6.33. The molecule has 0 aliphatic rings. The van der Waals surface area contributed by atoms with Crippen LogP contribution in [-0.2, 0) is 9.59 Å². The largest absolute Gasteiger partial charge is 0.387 e. The second-order valence-electron chi connectivity index (χ2n) is 4.42. The first-order valence-corrected chi connectivity index (χ1v) is 6.49. The normalized spacial score (nSPS) is 11.6. The van der Waals surface area contributed by atoms with Crippen molar-refractivity contribution in [2.75, 3.05) is 20.1 Å². The monoisotopic (exact) mass is 314 g/mol. The van der Waals surface area contributed by atoms with Gasteiger partial charge in [-0.05, 0) is 29.8 Å². The predicted octanol–water partition coefficient (Wildman–Crippen LogP) is 1.27. The van der Waals surface area contributed by atoms with E-state index in [1.165, 1.54) is 18.0 Å². The average Bonchev–Trinajstić information content (AvgIpc) is 2.42. The Bertz CT molecular complexity index is 531. The summed E-state index contributed by atoms with van der Waals surface area (Å²) in [6.45, 7) is 3.03. The van der Waals surface area contributed by atoms with Crippen molar-refractivity contribution >= 4 is 23.4 Å². The van der Waals surface area contributed by atoms with Gasteiger partial charge < -0.3 is 15.3 Å². The maximum Gasteiger partial charge on any atom is 0.246 e. The van der Waals surface area contributed by atoms with Gasteiger partial charge in [0.1, 0.15) is 5.82 Å². The number of aliphatic hydroxyl groups excluding tert-OH is 1. The maximum absolute atomic E-state index is 13.2. The van der Waals surface area contributed by atoms with Crippen molar-refractivity contribution in [1.82, 2.24) is 10.2 Å². The molecule has 1 unspecified atom stereocenters. The number of aliphatic hydroxyl groups is 1. The molecule has 114 valence electrons. The average molecular weight is 315 g/mol. The Balaban J connectivity index is 2.52. The van der Waals surface area contributed by atoms with Gasteiger partial charge in [-0.3, -0.25) is 9.59 Å². The molecule has 0 saturated heterocycles. The molecule has 0 aromatic heterocycles. The summed E-state index contributed by atoms with van der Waals surface area (Å²) in [5, 5.41) is 12.5. The van der Waals surface area contributed by atoms with Gasteiger partial charge in [-0.25, -0.2) is 4.39 Å². The zero-order valence-corrected chi connectivity index (χ0v) is 12.2. The molecule has 0 heterocycles. The lowest BCUT2D eigenvalue weighted by atomic mass is 10.1. The van der Waals surface area contributed by atoms with Gasteiger partial charge >= 0.3 is 0 Å². The van der Waals surface area contributed by atoms with Crippen LogP contribution in [0.5, 0.6) is 0 Å². The van der Waals surface area contributed by atoms with Crippen LogP contribution in [0.1, 0.15) is 11.7 Å². The molecule has 1 atom stereocenters. The first-order chi connectivity index (χ1) is 9.83. The van der Waals surface area contributed by atoms with Crippen molar-refractivity contribution in [3.63, 3.8) is 0 Å². The fourth-order valence-electron chi connectivity index (χ4n) is 1.60. The number of nitrogens with one attached hydrogen (secondary N) is 1. The van der Waals surface area contributed by atoms with E-state index in [0.717, 1.165) is 18.2 Å². The van der Waals surface area contributed by atoms with Crippen molar-refractivity contribution in [2.24, 2.45) is 0 Å². The molecular weight excluding hydrogens is 299 g/mol. The first kappa shape index (κ1) is 17.1. The van der Waals surface area contributed by atoms with Crippen molar-refractivity contribution in [3.8, 4) is 0 Å². The number of amides is 2. The Labute approximate surface area is 127 Å². The van der Waals surface area contributed by atoms with Crippen molar-refractivity contribution < 1.29 is 19.1 Å². The zero-order valence-electron chi connectivity index (χ0n) is 11.5. The molecule has 7 heteroatoms. The lowest BCUT2D eigenvalue weighted by Gasteiger charge is -2.16. The smallest absolute Gasteiger partial charge is 0.246 e. The minimum absolute atomic E-state index is 0.116. The highest BCUT2D eigenvalue weighted by Crippen LogP contribution is 2.19. The fraction of sp³-hybridized carbons (Fsp3) is 0.286. The highest BCUT2D eigenvalue weighted by molar-refractivity contribution is 6.30. The Hall–Kier alpha value is -1.92. The molecule has 2 amide bonds. The number of nitrogens with zero attached hydrogens (tertiary/aromatic N) is 1. The summed E-state index contributed by atoms with van der Waals surface area (Å²) in [6, 6.07) is 3.66. The van der Waals surface area contributed by atoms with Gasteiger partial charge in [0, 0.05) is 18.6 Å². The van der Waals surface area contributed by atoms with Gasteiger partial charge in [-0.2, -0.15) is 0 Å². The minimum Gasteiger partial charge on any atom is -0.387 e. The third kappa shape index (κ3) is 5.53. The van der Waals surface area contributed by atoms with E-state index in [1.54, 1.807) is 0 Å². The summed E-state index contributed by atoms with van der Waals surface area (Å²) in [5.74, 6) is -1.41. The third-order valence-corrected chi connectivity index (χ3v) is 2.91. The van der Waals surface area contributed by atoms with Crippen LogP contribution >= 0.6 is 11.6 Å². The molecule has 0 aliphatic carbocycles. The molecule has 0 spiro atoms. The van der Waals surface area contributed by atoms with Crippen LogP contribution in [0.25, 0.3) is 0 Å². The van der Waals surface area contributed by atoms with Crippen molar-refractivity contribution in [3.05, 3.63) is 47.3 Å². The molecule has 2 N–H and O–H groups in total. The topological polar surface area (TPSA) is 69.6 Å². The van der Waals surface area contributed by atoms with Crippen LogP contribution in [0.15, 0.2) is 30.9 Å². The Morgan fingerprint density at radius 3 is 2.76 bits per heavy atom. The molecule has 0 aliphatic heterocycles. The maximum atomic E-state index is 13.2. The highest BCUT2D eigenvalue weighted by Gasteiger charge is 2.14. The van der Waals surface area contributed by atoms with Gasteiger partial charge in [0.2, 0.25) is 11.8 Å². The van der Waals surface area contributed by atoms with Crippen molar-refractivity contribution in [2.45, 2.75) is 6.10 Å². The van der Waals surface area contributed by atoms with E-state index in [-0.39, 0.29) is 29.6 Å². The summed E-state index contributed by atoms with van der Waals surface area (Å²) in [7, 11) is 1.45. The summed E-state index contributed by atoms with van der Waals surface area (Å²) in [6.07, 6.45) is -0.000731. The van der Waals surface area contributed by atoms with Crippen LogP contribution in [0.3, 0.4) is 0 Å². The second kappa shape index (κ2) is 7.75. The van der Waals surface area contributed by atoms with Gasteiger partial charge in [-0.1, -0.05) is 18.2 Å². The molecule has 21 heavy (non-hydrogen) atoms. The zero-order chi connectivity index (χ0) is 16.0. The van der Waals surface area contributed by atoms with Gasteiger partial charge in [0.25, 0.3) is 0 Å². The van der Waals surface area contributed by atoms with E-state index in [2.05, 4.69) is 11.9 Å². The van der Waals surface area contributed by atoms with Gasteiger partial charge in [-0.15, -0.1) is 0 Å². The summed E-state index contributed by atoms with van der Waals surface area (Å²) >= 11 is 5.68.